The van der Waals surface area contributed by atoms with Crippen LogP contribution in [0.1, 0.15) is 19.8 Å². The van der Waals surface area contributed by atoms with Crippen LogP contribution in [0, 0.1) is 0 Å². The van der Waals surface area contributed by atoms with Gasteiger partial charge in [0.25, 0.3) is 0 Å². The van der Waals surface area contributed by atoms with Crippen LogP contribution in [0.4, 0.5) is 0 Å². The average Bonchev–Trinajstić information content (AvgIpc) is 2.66. The first-order valence-corrected chi connectivity index (χ1v) is 5.99. The Labute approximate surface area is 88.6 Å². The summed E-state index contributed by atoms with van der Waals surface area (Å²) in [6.07, 6.45) is 1.50. The lowest BCUT2D eigenvalue weighted by Gasteiger charge is -2.16. The van der Waals surface area contributed by atoms with Crippen LogP contribution in [-0.4, -0.2) is 40.7 Å². The first-order chi connectivity index (χ1) is 6.61. The van der Waals surface area contributed by atoms with E-state index in [1.54, 1.807) is 18.7 Å². The predicted octanol–water partition coefficient (Wildman–Crippen LogP) is -0.294. The Hall–Kier alpha value is -0.260. The zero-order chi connectivity index (χ0) is 10.6. The van der Waals surface area contributed by atoms with Gasteiger partial charge in [-0.2, -0.15) is 0 Å². The van der Waals surface area contributed by atoms with Crippen molar-refractivity contribution in [2.24, 2.45) is 5.73 Å². The number of carbonyl (C=O) groups excluding carboxylic acids is 1. The Bertz CT molecular complexity index is 193. The highest BCUT2D eigenvalue weighted by Gasteiger charge is 2.23. The second kappa shape index (κ2) is 5.58. The van der Waals surface area contributed by atoms with Crippen LogP contribution in [0.25, 0.3) is 0 Å². The number of hydrogen-bond acceptors (Lipinski definition) is 4. The molecule has 82 valence electrons. The van der Waals surface area contributed by atoms with Gasteiger partial charge in [-0.25, -0.2) is 0 Å². The molecular weight excluding hydrogens is 200 g/mol. The lowest BCUT2D eigenvalue weighted by Crippen LogP contribution is -2.45. The Morgan fingerprint density at radius 2 is 2.50 bits per heavy atom. The Kier molecular flexibility index (Phi) is 4.71. The molecule has 1 rings (SSSR count). The first kappa shape index (κ1) is 11.8. The minimum absolute atomic E-state index is 0.0589. The second-order valence-corrected chi connectivity index (χ2v) is 4.96. The molecule has 0 aromatic rings. The molecule has 1 saturated heterocycles. The fourth-order valence-corrected chi connectivity index (χ4v) is 2.47. The van der Waals surface area contributed by atoms with E-state index in [0.29, 0.717) is 6.54 Å². The van der Waals surface area contributed by atoms with Gasteiger partial charge in [0.15, 0.2) is 0 Å². The molecule has 0 aromatic carbocycles. The normalized spacial score (nSPS) is 25.8. The standard InChI is InChI=1S/C9H18N2O2S/c1-6(12)7(10)5-11-9(13)8-3-2-4-14-8/h6-8,12H,2-5,10H2,1H3,(H,11,13). The van der Waals surface area contributed by atoms with E-state index in [1.165, 1.54) is 0 Å². The molecule has 1 heterocycles. The topological polar surface area (TPSA) is 75.3 Å². The number of aliphatic hydroxyl groups excluding tert-OH is 1. The van der Waals surface area contributed by atoms with Gasteiger partial charge in [0.1, 0.15) is 0 Å². The lowest BCUT2D eigenvalue weighted by atomic mass is 10.2. The third kappa shape index (κ3) is 3.48. The van der Waals surface area contributed by atoms with E-state index in [-0.39, 0.29) is 17.2 Å². The molecule has 3 unspecified atom stereocenters. The van der Waals surface area contributed by atoms with E-state index in [4.69, 9.17) is 10.8 Å². The van der Waals surface area contributed by atoms with Crippen molar-refractivity contribution in [2.45, 2.75) is 37.2 Å². The number of carbonyl (C=O) groups is 1. The van der Waals surface area contributed by atoms with E-state index >= 15 is 0 Å². The fourth-order valence-electron chi connectivity index (χ4n) is 1.29. The van der Waals surface area contributed by atoms with Crippen molar-refractivity contribution in [3.8, 4) is 0 Å². The van der Waals surface area contributed by atoms with Gasteiger partial charge in [-0.15, -0.1) is 11.8 Å². The van der Waals surface area contributed by atoms with Crippen molar-refractivity contribution >= 4 is 17.7 Å². The summed E-state index contributed by atoms with van der Waals surface area (Å²) in [6.45, 7) is 1.98. The van der Waals surface area contributed by atoms with Gasteiger partial charge in [0, 0.05) is 12.6 Å². The number of rotatable bonds is 4. The molecule has 0 saturated carbocycles. The molecule has 1 amide bonds. The van der Waals surface area contributed by atoms with E-state index in [9.17, 15) is 4.79 Å². The summed E-state index contributed by atoms with van der Waals surface area (Å²) in [5, 5.41) is 12.0. The smallest absolute Gasteiger partial charge is 0.233 e. The van der Waals surface area contributed by atoms with Gasteiger partial charge in [0.05, 0.1) is 11.4 Å². The predicted molar refractivity (Wildman–Crippen MR) is 58.1 cm³/mol. The SMILES string of the molecule is CC(O)C(N)CNC(=O)C1CCCS1. The maximum absolute atomic E-state index is 11.5. The van der Waals surface area contributed by atoms with Crippen LogP contribution in [0.3, 0.4) is 0 Å². The number of hydrogen-bond donors (Lipinski definition) is 3. The molecule has 0 bridgehead atoms. The molecule has 0 radical (unpaired) electrons. The Morgan fingerprint density at radius 1 is 1.79 bits per heavy atom. The zero-order valence-corrected chi connectivity index (χ0v) is 9.22. The number of nitrogens with one attached hydrogen (secondary N) is 1. The molecule has 0 aliphatic carbocycles. The van der Waals surface area contributed by atoms with Crippen LogP contribution in [0.5, 0.6) is 0 Å². The summed E-state index contributed by atoms with van der Waals surface area (Å²) >= 11 is 1.70. The van der Waals surface area contributed by atoms with Gasteiger partial charge < -0.3 is 16.2 Å². The van der Waals surface area contributed by atoms with Crippen LogP contribution in [-0.2, 0) is 4.79 Å². The number of aliphatic hydroxyl groups is 1. The minimum atomic E-state index is -0.577. The van der Waals surface area contributed by atoms with E-state index in [2.05, 4.69) is 5.32 Å². The largest absolute Gasteiger partial charge is 0.392 e. The van der Waals surface area contributed by atoms with Crippen molar-refractivity contribution in [1.82, 2.24) is 5.32 Å². The molecule has 4 N–H and O–H groups in total. The molecule has 14 heavy (non-hydrogen) atoms. The molecule has 0 aromatic heterocycles. The third-order valence-corrected chi connectivity index (χ3v) is 3.73. The zero-order valence-electron chi connectivity index (χ0n) is 8.40. The van der Waals surface area contributed by atoms with E-state index in [0.717, 1.165) is 18.6 Å². The summed E-state index contributed by atoms with van der Waals surface area (Å²) in [5.74, 6) is 1.13. The van der Waals surface area contributed by atoms with Gasteiger partial charge in [-0.1, -0.05) is 0 Å². The third-order valence-electron chi connectivity index (χ3n) is 2.35. The average molecular weight is 218 g/mol. The maximum atomic E-state index is 11.5. The summed E-state index contributed by atoms with van der Waals surface area (Å²) in [7, 11) is 0. The van der Waals surface area contributed by atoms with Crippen LogP contribution < -0.4 is 11.1 Å². The summed E-state index contributed by atoms with van der Waals surface area (Å²) in [5.41, 5.74) is 5.59. The summed E-state index contributed by atoms with van der Waals surface area (Å²) in [6, 6.07) is -0.370. The van der Waals surface area contributed by atoms with Crippen LogP contribution in [0.2, 0.25) is 0 Å². The van der Waals surface area contributed by atoms with Crippen molar-refractivity contribution in [2.75, 3.05) is 12.3 Å². The lowest BCUT2D eigenvalue weighted by molar-refractivity contribution is -0.120. The highest BCUT2D eigenvalue weighted by molar-refractivity contribution is 8.00. The van der Waals surface area contributed by atoms with Crippen LogP contribution >= 0.6 is 11.8 Å². The van der Waals surface area contributed by atoms with Gasteiger partial charge >= 0.3 is 0 Å². The molecule has 5 heteroatoms. The number of nitrogens with two attached hydrogens (primary N) is 1. The van der Waals surface area contributed by atoms with Gasteiger partial charge in [0.2, 0.25) is 5.91 Å². The van der Waals surface area contributed by atoms with Gasteiger partial charge in [-0.3, -0.25) is 4.79 Å². The number of thioether (sulfide) groups is 1. The molecule has 1 fully saturated rings. The van der Waals surface area contributed by atoms with Gasteiger partial charge in [-0.05, 0) is 25.5 Å². The van der Waals surface area contributed by atoms with E-state index in [1.807, 2.05) is 0 Å². The highest BCUT2D eigenvalue weighted by Crippen LogP contribution is 2.25. The Balaban J connectivity index is 2.20. The molecule has 3 atom stereocenters. The fraction of sp³-hybridized carbons (Fsp3) is 0.889. The number of amides is 1. The van der Waals surface area contributed by atoms with Crippen molar-refractivity contribution in [1.29, 1.82) is 0 Å². The highest BCUT2D eigenvalue weighted by atomic mass is 32.2. The maximum Gasteiger partial charge on any atom is 0.233 e. The van der Waals surface area contributed by atoms with Crippen molar-refractivity contribution in [3.63, 3.8) is 0 Å². The molecular formula is C9H18N2O2S. The van der Waals surface area contributed by atoms with Crippen LogP contribution in [0.15, 0.2) is 0 Å². The molecule has 0 spiro atoms. The minimum Gasteiger partial charge on any atom is -0.392 e. The second-order valence-electron chi connectivity index (χ2n) is 3.65. The molecule has 4 nitrogen and oxygen atoms in total. The molecule has 1 aliphatic heterocycles. The van der Waals surface area contributed by atoms with Crippen molar-refractivity contribution < 1.29 is 9.90 Å². The first-order valence-electron chi connectivity index (χ1n) is 4.94. The quantitative estimate of drug-likeness (QED) is 0.606. The molecule has 1 aliphatic rings. The summed E-state index contributed by atoms with van der Waals surface area (Å²) < 4.78 is 0. The monoisotopic (exact) mass is 218 g/mol. The van der Waals surface area contributed by atoms with E-state index < -0.39 is 6.10 Å². The Morgan fingerprint density at radius 3 is 3.00 bits per heavy atom. The van der Waals surface area contributed by atoms with Crippen molar-refractivity contribution in [3.05, 3.63) is 0 Å². The summed E-state index contributed by atoms with van der Waals surface area (Å²) in [4.78, 5) is 11.5.